The first-order chi connectivity index (χ1) is 15.8. The molecule has 0 radical (unpaired) electrons. The number of nitrogens with zero attached hydrogens (tertiary/aromatic N) is 1. The summed E-state index contributed by atoms with van der Waals surface area (Å²) in [6, 6.07) is 13.0. The van der Waals surface area contributed by atoms with Gasteiger partial charge in [-0.05, 0) is 59.8 Å². The van der Waals surface area contributed by atoms with Gasteiger partial charge in [-0.2, -0.15) is 0 Å². The Morgan fingerprint density at radius 1 is 1.06 bits per heavy atom. The molecule has 2 aromatic carbocycles. The van der Waals surface area contributed by atoms with Crippen LogP contribution in [0.5, 0.6) is 0 Å². The van der Waals surface area contributed by atoms with Crippen molar-refractivity contribution in [1.82, 2.24) is 4.90 Å². The fourth-order valence-corrected chi connectivity index (χ4v) is 4.60. The first kappa shape index (κ1) is 23.4. The number of thioether (sulfide) groups is 1. The molecule has 0 unspecified atom stereocenters. The van der Waals surface area contributed by atoms with Crippen LogP contribution >= 0.6 is 46.6 Å². The summed E-state index contributed by atoms with van der Waals surface area (Å²) in [6.45, 7) is 0.0303. The zero-order valence-corrected chi connectivity index (χ0v) is 20.0. The molecule has 1 saturated heterocycles. The largest absolute Gasteiger partial charge is 0.465 e. The number of carbonyl (C=O) groups is 3. The number of carbonyl (C=O) groups excluding carboxylic acids is 3. The van der Waals surface area contributed by atoms with Crippen molar-refractivity contribution in [3.63, 3.8) is 0 Å². The van der Waals surface area contributed by atoms with Crippen LogP contribution in [0.4, 0.5) is 4.79 Å². The molecule has 6 nitrogen and oxygen atoms in total. The van der Waals surface area contributed by atoms with E-state index in [2.05, 4.69) is 0 Å². The number of ether oxygens (including phenoxy) is 1. The molecule has 2 heterocycles. The lowest BCUT2D eigenvalue weighted by atomic mass is 10.1. The predicted molar refractivity (Wildman–Crippen MR) is 128 cm³/mol. The number of amides is 2. The van der Waals surface area contributed by atoms with E-state index >= 15 is 0 Å². The molecule has 1 aromatic heterocycles. The summed E-state index contributed by atoms with van der Waals surface area (Å²) in [5, 5.41) is 0.678. The van der Waals surface area contributed by atoms with Gasteiger partial charge < -0.3 is 9.15 Å². The maximum Gasteiger partial charge on any atom is 0.339 e. The van der Waals surface area contributed by atoms with Crippen molar-refractivity contribution in [2.75, 3.05) is 7.11 Å². The molecular formula is C23H14Cl3NO5S. The third-order valence-electron chi connectivity index (χ3n) is 4.77. The Morgan fingerprint density at radius 3 is 2.58 bits per heavy atom. The molecule has 0 spiro atoms. The standard InChI is InChI=1S/C23H14Cl3NO5S/c1-31-22(29)16-8-12(3-6-17(16)25)19-7-5-15(32-19)10-20-21(28)27(23(30)33-20)11-13-2-4-14(24)9-18(13)26/h2-10H,11H2,1H3/b20-10+. The molecule has 10 heteroatoms. The number of hydrogen-bond donors (Lipinski definition) is 0. The van der Waals surface area contributed by atoms with Crippen molar-refractivity contribution in [2.24, 2.45) is 0 Å². The highest BCUT2D eigenvalue weighted by molar-refractivity contribution is 8.18. The average molecular weight is 523 g/mol. The molecule has 2 amide bonds. The van der Waals surface area contributed by atoms with Crippen LogP contribution in [0.2, 0.25) is 15.1 Å². The van der Waals surface area contributed by atoms with Crippen molar-refractivity contribution in [3.8, 4) is 11.3 Å². The molecule has 1 fully saturated rings. The zero-order chi connectivity index (χ0) is 23.7. The van der Waals surface area contributed by atoms with Gasteiger partial charge in [0.25, 0.3) is 11.1 Å². The normalized spacial score (nSPS) is 14.9. The maximum absolute atomic E-state index is 12.8. The third kappa shape index (κ3) is 4.96. The van der Waals surface area contributed by atoms with Gasteiger partial charge >= 0.3 is 5.97 Å². The van der Waals surface area contributed by atoms with Crippen molar-refractivity contribution in [2.45, 2.75) is 6.54 Å². The third-order valence-corrected chi connectivity index (χ3v) is 6.60. The Labute approximate surface area is 208 Å². The smallest absolute Gasteiger partial charge is 0.339 e. The molecule has 1 aliphatic heterocycles. The number of rotatable bonds is 5. The van der Waals surface area contributed by atoms with E-state index in [-0.39, 0.29) is 22.0 Å². The van der Waals surface area contributed by atoms with E-state index in [1.54, 1.807) is 48.5 Å². The average Bonchev–Trinajstić information content (AvgIpc) is 3.35. The van der Waals surface area contributed by atoms with Crippen molar-refractivity contribution in [1.29, 1.82) is 0 Å². The van der Waals surface area contributed by atoms with Crippen LogP contribution in [0.25, 0.3) is 17.4 Å². The predicted octanol–water partition coefficient (Wildman–Crippen LogP) is 6.93. The van der Waals surface area contributed by atoms with Crippen LogP contribution in [0.1, 0.15) is 21.7 Å². The van der Waals surface area contributed by atoms with E-state index < -0.39 is 17.1 Å². The summed E-state index contributed by atoms with van der Waals surface area (Å²) in [4.78, 5) is 38.4. The van der Waals surface area contributed by atoms with Gasteiger partial charge in [0, 0.05) is 21.7 Å². The second kappa shape index (κ2) is 9.65. The van der Waals surface area contributed by atoms with Gasteiger partial charge in [-0.1, -0.05) is 40.9 Å². The van der Waals surface area contributed by atoms with Crippen molar-refractivity contribution >= 4 is 69.8 Å². The van der Waals surface area contributed by atoms with E-state index in [0.717, 1.165) is 16.7 Å². The summed E-state index contributed by atoms with van der Waals surface area (Å²) in [5.41, 5.74) is 1.41. The van der Waals surface area contributed by atoms with Crippen LogP contribution in [0.15, 0.2) is 57.9 Å². The fraction of sp³-hybridized carbons (Fsp3) is 0.0870. The maximum atomic E-state index is 12.8. The Kier molecular flexibility index (Phi) is 6.86. The van der Waals surface area contributed by atoms with E-state index in [9.17, 15) is 14.4 Å². The Bertz CT molecular complexity index is 1320. The van der Waals surface area contributed by atoms with Crippen LogP contribution < -0.4 is 0 Å². The van der Waals surface area contributed by atoms with Gasteiger partial charge in [-0.25, -0.2) is 4.79 Å². The summed E-state index contributed by atoms with van der Waals surface area (Å²) >= 11 is 19.0. The van der Waals surface area contributed by atoms with E-state index in [1.165, 1.54) is 13.2 Å². The number of halogens is 3. The van der Waals surface area contributed by atoms with Crippen LogP contribution in [-0.2, 0) is 16.1 Å². The Hall–Kier alpha value is -2.71. The molecule has 0 atom stereocenters. The molecule has 1 aliphatic rings. The molecule has 0 N–H and O–H groups in total. The number of esters is 1. The summed E-state index contributed by atoms with van der Waals surface area (Å²) in [5.74, 6) is -0.193. The molecule has 0 saturated carbocycles. The number of hydrogen-bond acceptors (Lipinski definition) is 6. The van der Waals surface area contributed by atoms with Gasteiger partial charge in [0.2, 0.25) is 0 Å². The SMILES string of the molecule is COC(=O)c1cc(-c2ccc(/C=C3/SC(=O)N(Cc4ccc(Cl)cc4Cl)C3=O)o2)ccc1Cl. The fourth-order valence-electron chi connectivity index (χ4n) is 3.12. The van der Waals surface area contributed by atoms with Gasteiger partial charge in [-0.3, -0.25) is 14.5 Å². The molecule has 0 bridgehead atoms. The molecule has 0 aliphatic carbocycles. The van der Waals surface area contributed by atoms with Gasteiger partial charge in [0.1, 0.15) is 11.5 Å². The zero-order valence-electron chi connectivity index (χ0n) is 16.9. The minimum Gasteiger partial charge on any atom is -0.465 e. The van der Waals surface area contributed by atoms with Crippen LogP contribution in [0, 0.1) is 0 Å². The summed E-state index contributed by atoms with van der Waals surface area (Å²) < 4.78 is 10.5. The minimum absolute atomic E-state index is 0.0303. The first-order valence-electron chi connectivity index (χ1n) is 9.44. The van der Waals surface area contributed by atoms with E-state index in [4.69, 9.17) is 44.0 Å². The molecular weight excluding hydrogens is 509 g/mol. The number of furan rings is 1. The molecule has 168 valence electrons. The van der Waals surface area contributed by atoms with Crippen LogP contribution in [0.3, 0.4) is 0 Å². The number of imide groups is 1. The number of methoxy groups -OCH3 is 1. The van der Waals surface area contributed by atoms with E-state index in [1.807, 2.05) is 0 Å². The highest BCUT2D eigenvalue weighted by Gasteiger charge is 2.35. The van der Waals surface area contributed by atoms with Gasteiger partial charge in [0.15, 0.2) is 0 Å². The highest BCUT2D eigenvalue weighted by atomic mass is 35.5. The lowest BCUT2D eigenvalue weighted by molar-refractivity contribution is -0.123. The van der Waals surface area contributed by atoms with E-state index in [0.29, 0.717) is 32.7 Å². The van der Waals surface area contributed by atoms with Gasteiger partial charge in [-0.15, -0.1) is 0 Å². The van der Waals surface area contributed by atoms with Crippen molar-refractivity contribution < 1.29 is 23.5 Å². The highest BCUT2D eigenvalue weighted by Crippen LogP contribution is 2.35. The first-order valence-corrected chi connectivity index (χ1v) is 11.4. The Morgan fingerprint density at radius 2 is 1.85 bits per heavy atom. The van der Waals surface area contributed by atoms with Gasteiger partial charge in [0.05, 0.1) is 29.1 Å². The summed E-state index contributed by atoms with van der Waals surface area (Å²) in [6.07, 6.45) is 1.50. The second-order valence-corrected chi connectivity index (χ2v) is 9.14. The van der Waals surface area contributed by atoms with Crippen LogP contribution in [-0.4, -0.2) is 29.1 Å². The topological polar surface area (TPSA) is 76.8 Å². The molecule has 3 aromatic rings. The second-order valence-electron chi connectivity index (χ2n) is 6.89. The lowest BCUT2D eigenvalue weighted by Crippen LogP contribution is -2.27. The molecule has 33 heavy (non-hydrogen) atoms. The summed E-state index contributed by atoms with van der Waals surface area (Å²) in [7, 11) is 1.27. The minimum atomic E-state index is -0.567. The monoisotopic (exact) mass is 521 g/mol. The number of benzene rings is 2. The lowest BCUT2D eigenvalue weighted by Gasteiger charge is -2.13. The quantitative estimate of drug-likeness (QED) is 0.267. The molecule has 4 rings (SSSR count). The van der Waals surface area contributed by atoms with Crippen molar-refractivity contribution in [3.05, 3.63) is 85.4 Å². The Balaban J connectivity index is 1.55.